The maximum atomic E-state index is 11.8. The molecule has 0 spiro atoms. The molecule has 9 nitrogen and oxygen atoms in total. The van der Waals surface area contributed by atoms with Crippen molar-refractivity contribution in [2.24, 2.45) is 0 Å². The zero-order valence-electron chi connectivity index (χ0n) is 16.5. The number of imidazole rings is 1. The van der Waals surface area contributed by atoms with Crippen LogP contribution in [-0.2, 0) is 16.1 Å². The summed E-state index contributed by atoms with van der Waals surface area (Å²) < 4.78 is 7.42. The van der Waals surface area contributed by atoms with E-state index in [9.17, 15) is 9.90 Å². The number of aliphatic hydroxyl groups is 1. The van der Waals surface area contributed by atoms with Crippen molar-refractivity contribution in [3.05, 3.63) is 12.7 Å². The van der Waals surface area contributed by atoms with Crippen molar-refractivity contribution in [3.8, 4) is 0 Å². The van der Waals surface area contributed by atoms with Gasteiger partial charge in [0, 0.05) is 38.6 Å². The molecule has 28 heavy (non-hydrogen) atoms. The standard InChI is InChI=1S/C19H28N6O3/c1-3-15(26)23-14-5-4-7-24(9-14)17-16-18(21-11-20-17)25(12-22-16)10-19(27)6-8-28-13(19)2/h11-14,27H,3-10H2,1-2H3,(H,23,26). The van der Waals surface area contributed by atoms with Gasteiger partial charge in [-0.15, -0.1) is 0 Å². The van der Waals surface area contributed by atoms with E-state index < -0.39 is 5.60 Å². The maximum absolute atomic E-state index is 11.8. The molecule has 4 heterocycles. The molecule has 2 aliphatic heterocycles. The van der Waals surface area contributed by atoms with E-state index in [1.165, 1.54) is 0 Å². The highest BCUT2D eigenvalue weighted by molar-refractivity contribution is 5.83. The summed E-state index contributed by atoms with van der Waals surface area (Å²) in [5.74, 6) is 0.854. The van der Waals surface area contributed by atoms with Crippen molar-refractivity contribution in [3.63, 3.8) is 0 Å². The second kappa shape index (κ2) is 7.63. The van der Waals surface area contributed by atoms with E-state index in [4.69, 9.17) is 4.74 Å². The van der Waals surface area contributed by atoms with Crippen LogP contribution in [0.25, 0.3) is 11.2 Å². The van der Waals surface area contributed by atoms with E-state index in [0.717, 1.165) is 30.7 Å². The van der Waals surface area contributed by atoms with E-state index in [0.29, 0.717) is 38.2 Å². The summed E-state index contributed by atoms with van der Waals surface area (Å²) in [6.07, 6.45) is 6.07. The minimum absolute atomic E-state index is 0.0742. The number of ether oxygens (including phenoxy) is 1. The number of aromatic nitrogens is 4. The van der Waals surface area contributed by atoms with Gasteiger partial charge in [-0.25, -0.2) is 15.0 Å². The van der Waals surface area contributed by atoms with Crippen molar-refractivity contribution in [1.82, 2.24) is 24.8 Å². The number of fused-ring (bicyclic) bond motifs is 1. The SMILES string of the molecule is CCC(=O)NC1CCCN(c2ncnc3c2ncn3CC2(O)CCOC2C)C1. The van der Waals surface area contributed by atoms with Crippen LogP contribution in [0.2, 0.25) is 0 Å². The fraction of sp³-hybridized carbons (Fsp3) is 0.684. The van der Waals surface area contributed by atoms with Crippen molar-refractivity contribution in [2.45, 2.75) is 63.8 Å². The van der Waals surface area contributed by atoms with E-state index in [-0.39, 0.29) is 18.1 Å². The Morgan fingerprint density at radius 1 is 1.43 bits per heavy atom. The maximum Gasteiger partial charge on any atom is 0.219 e. The topological polar surface area (TPSA) is 105 Å². The van der Waals surface area contributed by atoms with Crippen LogP contribution in [0.3, 0.4) is 0 Å². The predicted octanol–water partition coefficient (Wildman–Crippen LogP) is 0.861. The van der Waals surface area contributed by atoms with Crippen molar-refractivity contribution < 1.29 is 14.6 Å². The van der Waals surface area contributed by atoms with Crippen LogP contribution in [-0.4, -0.2) is 68.0 Å². The van der Waals surface area contributed by atoms with E-state index in [2.05, 4.69) is 25.2 Å². The van der Waals surface area contributed by atoms with E-state index in [1.54, 1.807) is 12.7 Å². The lowest BCUT2D eigenvalue weighted by Gasteiger charge is -2.33. The first kappa shape index (κ1) is 19.1. The first-order valence-corrected chi connectivity index (χ1v) is 10.0. The van der Waals surface area contributed by atoms with Crippen LogP contribution >= 0.6 is 0 Å². The highest BCUT2D eigenvalue weighted by atomic mass is 16.5. The average Bonchev–Trinajstić information content (AvgIpc) is 3.25. The van der Waals surface area contributed by atoms with Crippen LogP contribution in [0, 0.1) is 0 Å². The number of nitrogens with zero attached hydrogens (tertiary/aromatic N) is 5. The molecule has 0 radical (unpaired) electrons. The van der Waals surface area contributed by atoms with Gasteiger partial charge < -0.3 is 24.6 Å². The lowest BCUT2D eigenvalue weighted by atomic mass is 9.97. The van der Waals surface area contributed by atoms with Gasteiger partial charge in [-0.1, -0.05) is 6.92 Å². The Balaban J connectivity index is 1.57. The number of piperidine rings is 1. The molecule has 2 fully saturated rings. The Kier molecular flexibility index (Phi) is 5.20. The number of carbonyl (C=O) groups is 1. The Morgan fingerprint density at radius 2 is 2.29 bits per heavy atom. The van der Waals surface area contributed by atoms with Crippen LogP contribution in [0.4, 0.5) is 5.82 Å². The zero-order chi connectivity index (χ0) is 19.7. The Bertz CT molecular complexity index is 855. The Morgan fingerprint density at radius 3 is 3.04 bits per heavy atom. The summed E-state index contributed by atoms with van der Waals surface area (Å²) in [6.45, 7) is 6.27. The van der Waals surface area contributed by atoms with Gasteiger partial charge in [0.25, 0.3) is 0 Å². The molecular formula is C19H28N6O3. The molecule has 2 saturated heterocycles. The molecule has 3 atom stereocenters. The summed E-state index contributed by atoms with van der Waals surface area (Å²) in [4.78, 5) is 27.4. The third-order valence-electron chi connectivity index (χ3n) is 5.89. The number of nitrogens with one attached hydrogen (secondary N) is 1. The van der Waals surface area contributed by atoms with Gasteiger partial charge >= 0.3 is 0 Å². The molecule has 2 aromatic heterocycles. The monoisotopic (exact) mass is 388 g/mol. The summed E-state index contributed by atoms with van der Waals surface area (Å²) in [6, 6.07) is 0.116. The number of rotatable bonds is 5. The molecule has 152 valence electrons. The molecule has 0 aliphatic carbocycles. The second-order valence-corrected chi connectivity index (χ2v) is 7.81. The van der Waals surface area contributed by atoms with Crippen LogP contribution in [0.15, 0.2) is 12.7 Å². The highest BCUT2D eigenvalue weighted by Gasteiger charge is 2.40. The van der Waals surface area contributed by atoms with Gasteiger partial charge in [-0.3, -0.25) is 4.79 Å². The van der Waals surface area contributed by atoms with Gasteiger partial charge in [0.1, 0.15) is 11.9 Å². The zero-order valence-corrected chi connectivity index (χ0v) is 16.5. The molecule has 2 N–H and O–H groups in total. The summed E-state index contributed by atoms with van der Waals surface area (Å²) in [7, 11) is 0. The number of anilines is 1. The lowest BCUT2D eigenvalue weighted by molar-refractivity contribution is -0.121. The van der Waals surface area contributed by atoms with Gasteiger partial charge in [0.2, 0.25) is 5.91 Å². The Hall–Kier alpha value is -2.26. The largest absolute Gasteiger partial charge is 0.385 e. The van der Waals surface area contributed by atoms with E-state index >= 15 is 0 Å². The molecule has 9 heteroatoms. The number of hydrogen-bond acceptors (Lipinski definition) is 7. The number of carbonyl (C=O) groups excluding carboxylic acids is 1. The van der Waals surface area contributed by atoms with Gasteiger partial charge in [-0.2, -0.15) is 0 Å². The molecule has 0 bridgehead atoms. The molecular weight excluding hydrogens is 360 g/mol. The van der Waals surface area contributed by atoms with Crippen LogP contribution in [0.5, 0.6) is 0 Å². The second-order valence-electron chi connectivity index (χ2n) is 7.81. The highest BCUT2D eigenvalue weighted by Crippen LogP contribution is 2.30. The normalized spacial score (nSPS) is 28.0. The summed E-state index contributed by atoms with van der Waals surface area (Å²) in [5.41, 5.74) is 0.511. The minimum atomic E-state index is -0.917. The molecule has 0 aromatic carbocycles. The summed E-state index contributed by atoms with van der Waals surface area (Å²) >= 11 is 0. The Labute approximate surface area is 164 Å². The fourth-order valence-corrected chi connectivity index (χ4v) is 4.11. The molecule has 2 aromatic rings. The first-order chi connectivity index (χ1) is 13.5. The number of amides is 1. The van der Waals surface area contributed by atoms with E-state index in [1.807, 2.05) is 18.4 Å². The van der Waals surface area contributed by atoms with Gasteiger partial charge in [0.05, 0.1) is 19.0 Å². The molecule has 4 rings (SSSR count). The smallest absolute Gasteiger partial charge is 0.219 e. The average molecular weight is 388 g/mol. The third kappa shape index (κ3) is 3.56. The van der Waals surface area contributed by atoms with Crippen molar-refractivity contribution in [2.75, 3.05) is 24.6 Å². The van der Waals surface area contributed by atoms with Gasteiger partial charge in [-0.05, 0) is 19.8 Å². The summed E-state index contributed by atoms with van der Waals surface area (Å²) in [5, 5.41) is 14.0. The van der Waals surface area contributed by atoms with Crippen molar-refractivity contribution >= 4 is 22.9 Å². The van der Waals surface area contributed by atoms with Crippen molar-refractivity contribution in [1.29, 1.82) is 0 Å². The molecule has 3 unspecified atom stereocenters. The number of hydrogen-bond donors (Lipinski definition) is 2. The molecule has 0 saturated carbocycles. The van der Waals surface area contributed by atoms with Crippen LogP contribution < -0.4 is 10.2 Å². The molecule has 1 amide bonds. The molecule has 2 aliphatic rings. The third-order valence-corrected chi connectivity index (χ3v) is 5.89. The lowest BCUT2D eigenvalue weighted by Crippen LogP contribution is -2.48. The quantitative estimate of drug-likeness (QED) is 0.783. The van der Waals surface area contributed by atoms with Gasteiger partial charge in [0.15, 0.2) is 17.0 Å². The van der Waals surface area contributed by atoms with Crippen LogP contribution in [0.1, 0.15) is 39.5 Å². The minimum Gasteiger partial charge on any atom is -0.385 e. The first-order valence-electron chi connectivity index (χ1n) is 10.0. The predicted molar refractivity (Wildman–Crippen MR) is 104 cm³/mol. The fourth-order valence-electron chi connectivity index (χ4n) is 4.11.